The summed E-state index contributed by atoms with van der Waals surface area (Å²) >= 11 is 0. The lowest BCUT2D eigenvalue weighted by Gasteiger charge is -2.06. The fraction of sp³-hybridized carbons (Fsp3) is 0.0714. The van der Waals surface area contributed by atoms with E-state index in [9.17, 15) is 9.18 Å². The number of aromatic carboxylic acids is 1. The highest BCUT2D eigenvalue weighted by Gasteiger charge is 2.11. The monoisotopic (exact) mass is 230 g/mol. The van der Waals surface area contributed by atoms with Gasteiger partial charge in [-0.25, -0.2) is 9.18 Å². The molecule has 2 aromatic rings. The Labute approximate surface area is 98.3 Å². The standard InChI is InChI=1S/C14H11FO2/c15-12-6-7-13(14(16)17)11(9-12)8-10-4-2-1-3-5-10/h1-7,9H,8H2,(H,16,17). The number of hydrogen-bond acceptors (Lipinski definition) is 1. The number of benzene rings is 2. The molecular weight excluding hydrogens is 219 g/mol. The molecule has 0 bridgehead atoms. The summed E-state index contributed by atoms with van der Waals surface area (Å²) in [5, 5.41) is 9.01. The van der Waals surface area contributed by atoms with Crippen molar-refractivity contribution in [3.05, 3.63) is 71.0 Å². The van der Waals surface area contributed by atoms with Gasteiger partial charge in [-0.05, 0) is 35.7 Å². The highest BCUT2D eigenvalue weighted by molar-refractivity contribution is 5.89. The highest BCUT2D eigenvalue weighted by atomic mass is 19.1. The van der Waals surface area contributed by atoms with Gasteiger partial charge in [-0.2, -0.15) is 0 Å². The Bertz CT molecular complexity index is 535. The van der Waals surface area contributed by atoms with Gasteiger partial charge in [0.05, 0.1) is 5.56 Å². The first-order valence-corrected chi connectivity index (χ1v) is 5.22. The van der Waals surface area contributed by atoms with Crippen LogP contribution in [0.15, 0.2) is 48.5 Å². The van der Waals surface area contributed by atoms with Crippen molar-refractivity contribution in [3.8, 4) is 0 Å². The van der Waals surface area contributed by atoms with Gasteiger partial charge in [0.2, 0.25) is 0 Å². The summed E-state index contributed by atoms with van der Waals surface area (Å²) in [7, 11) is 0. The Morgan fingerprint density at radius 3 is 2.47 bits per heavy atom. The largest absolute Gasteiger partial charge is 0.478 e. The second-order valence-electron chi connectivity index (χ2n) is 3.77. The van der Waals surface area contributed by atoms with E-state index < -0.39 is 11.8 Å². The molecule has 0 saturated carbocycles. The van der Waals surface area contributed by atoms with Crippen LogP contribution in [-0.4, -0.2) is 11.1 Å². The number of carboxylic acid groups (broad SMARTS) is 1. The smallest absolute Gasteiger partial charge is 0.335 e. The zero-order chi connectivity index (χ0) is 12.3. The van der Waals surface area contributed by atoms with Crippen molar-refractivity contribution in [1.29, 1.82) is 0 Å². The van der Waals surface area contributed by atoms with Crippen LogP contribution in [0.3, 0.4) is 0 Å². The minimum absolute atomic E-state index is 0.148. The molecule has 1 N–H and O–H groups in total. The van der Waals surface area contributed by atoms with Crippen LogP contribution in [-0.2, 0) is 6.42 Å². The third-order valence-electron chi connectivity index (χ3n) is 2.54. The third kappa shape index (κ3) is 2.69. The lowest BCUT2D eigenvalue weighted by Crippen LogP contribution is -2.03. The summed E-state index contributed by atoms with van der Waals surface area (Å²) in [5.41, 5.74) is 1.60. The molecule has 0 aliphatic heterocycles. The molecule has 0 radical (unpaired) electrons. The molecular formula is C14H11FO2. The van der Waals surface area contributed by atoms with Gasteiger partial charge in [0.1, 0.15) is 5.82 Å². The second kappa shape index (κ2) is 4.78. The van der Waals surface area contributed by atoms with Gasteiger partial charge in [0.15, 0.2) is 0 Å². The zero-order valence-electron chi connectivity index (χ0n) is 9.06. The second-order valence-corrected chi connectivity index (χ2v) is 3.77. The molecule has 2 rings (SSSR count). The van der Waals surface area contributed by atoms with Crippen molar-refractivity contribution in [2.24, 2.45) is 0 Å². The van der Waals surface area contributed by atoms with Crippen LogP contribution in [0.2, 0.25) is 0 Å². The number of carboxylic acids is 1. The Morgan fingerprint density at radius 2 is 1.82 bits per heavy atom. The van der Waals surface area contributed by atoms with Gasteiger partial charge in [-0.3, -0.25) is 0 Å². The minimum Gasteiger partial charge on any atom is -0.478 e. The average Bonchev–Trinajstić information content (AvgIpc) is 2.30. The number of carbonyl (C=O) groups is 1. The average molecular weight is 230 g/mol. The van der Waals surface area contributed by atoms with Crippen molar-refractivity contribution < 1.29 is 14.3 Å². The molecule has 0 fully saturated rings. The van der Waals surface area contributed by atoms with E-state index in [1.165, 1.54) is 12.1 Å². The van der Waals surface area contributed by atoms with Crippen LogP contribution in [0, 0.1) is 5.82 Å². The van der Waals surface area contributed by atoms with E-state index in [0.717, 1.165) is 11.6 Å². The molecule has 0 amide bonds. The maximum atomic E-state index is 13.1. The predicted octanol–water partition coefficient (Wildman–Crippen LogP) is 3.11. The lowest BCUT2D eigenvalue weighted by molar-refractivity contribution is 0.0696. The number of rotatable bonds is 3. The first-order valence-electron chi connectivity index (χ1n) is 5.22. The van der Waals surface area contributed by atoms with Crippen molar-refractivity contribution in [1.82, 2.24) is 0 Å². The quantitative estimate of drug-likeness (QED) is 0.879. The zero-order valence-corrected chi connectivity index (χ0v) is 9.06. The van der Waals surface area contributed by atoms with Gasteiger partial charge in [-0.15, -0.1) is 0 Å². The first-order chi connectivity index (χ1) is 8.16. The number of halogens is 1. The fourth-order valence-electron chi connectivity index (χ4n) is 1.73. The highest BCUT2D eigenvalue weighted by Crippen LogP contribution is 2.16. The molecule has 2 aromatic carbocycles. The molecule has 17 heavy (non-hydrogen) atoms. The van der Waals surface area contributed by atoms with E-state index in [1.54, 1.807) is 0 Å². The topological polar surface area (TPSA) is 37.3 Å². The Kier molecular flexibility index (Phi) is 3.19. The van der Waals surface area contributed by atoms with Crippen molar-refractivity contribution >= 4 is 5.97 Å². The third-order valence-corrected chi connectivity index (χ3v) is 2.54. The van der Waals surface area contributed by atoms with Crippen LogP contribution < -0.4 is 0 Å². The fourth-order valence-corrected chi connectivity index (χ4v) is 1.73. The van der Waals surface area contributed by atoms with E-state index in [-0.39, 0.29) is 5.56 Å². The van der Waals surface area contributed by atoms with E-state index in [4.69, 9.17) is 5.11 Å². The van der Waals surface area contributed by atoms with Crippen LogP contribution in [0.1, 0.15) is 21.5 Å². The summed E-state index contributed by atoms with van der Waals surface area (Å²) in [6, 6.07) is 13.1. The Morgan fingerprint density at radius 1 is 1.12 bits per heavy atom. The molecule has 0 saturated heterocycles. The van der Waals surface area contributed by atoms with E-state index in [1.807, 2.05) is 30.3 Å². The molecule has 0 atom stereocenters. The summed E-state index contributed by atoms with van der Waals surface area (Å²) < 4.78 is 13.1. The van der Waals surface area contributed by atoms with Gasteiger partial charge in [0.25, 0.3) is 0 Å². The molecule has 0 aliphatic rings. The maximum Gasteiger partial charge on any atom is 0.335 e. The maximum absolute atomic E-state index is 13.1. The molecule has 0 heterocycles. The molecule has 0 spiro atoms. The van der Waals surface area contributed by atoms with Gasteiger partial charge < -0.3 is 5.11 Å². The summed E-state index contributed by atoms with van der Waals surface area (Å²) in [5.74, 6) is -1.45. The Hall–Kier alpha value is -2.16. The summed E-state index contributed by atoms with van der Waals surface area (Å²) in [6.07, 6.45) is 0.417. The van der Waals surface area contributed by atoms with Gasteiger partial charge in [0, 0.05) is 0 Å². The van der Waals surface area contributed by atoms with Crippen LogP contribution in [0.5, 0.6) is 0 Å². The van der Waals surface area contributed by atoms with Crippen LogP contribution >= 0.6 is 0 Å². The van der Waals surface area contributed by atoms with Crippen molar-refractivity contribution in [2.45, 2.75) is 6.42 Å². The summed E-state index contributed by atoms with van der Waals surface area (Å²) in [6.45, 7) is 0. The van der Waals surface area contributed by atoms with Crippen LogP contribution in [0.25, 0.3) is 0 Å². The molecule has 0 aliphatic carbocycles. The molecule has 2 nitrogen and oxygen atoms in total. The van der Waals surface area contributed by atoms with Crippen molar-refractivity contribution in [2.75, 3.05) is 0 Å². The van der Waals surface area contributed by atoms with E-state index in [0.29, 0.717) is 12.0 Å². The molecule has 86 valence electrons. The number of hydrogen-bond donors (Lipinski definition) is 1. The predicted molar refractivity (Wildman–Crippen MR) is 62.6 cm³/mol. The molecule has 3 heteroatoms. The summed E-state index contributed by atoms with van der Waals surface area (Å²) in [4.78, 5) is 11.0. The first kappa shape index (κ1) is 11.3. The SMILES string of the molecule is O=C(O)c1ccc(F)cc1Cc1ccccc1. The minimum atomic E-state index is -1.03. The lowest BCUT2D eigenvalue weighted by atomic mass is 10.00. The molecule has 0 aromatic heterocycles. The van der Waals surface area contributed by atoms with E-state index >= 15 is 0 Å². The van der Waals surface area contributed by atoms with Gasteiger partial charge >= 0.3 is 5.97 Å². The molecule has 0 unspecified atom stereocenters. The van der Waals surface area contributed by atoms with E-state index in [2.05, 4.69) is 0 Å². The van der Waals surface area contributed by atoms with Crippen molar-refractivity contribution in [3.63, 3.8) is 0 Å². The van der Waals surface area contributed by atoms with Crippen LogP contribution in [0.4, 0.5) is 4.39 Å². The Balaban J connectivity index is 2.37. The van der Waals surface area contributed by atoms with Gasteiger partial charge in [-0.1, -0.05) is 30.3 Å². The normalized spacial score (nSPS) is 10.2.